The first-order valence-corrected chi connectivity index (χ1v) is 10.3. The molecule has 3 aromatic rings. The molecule has 0 unspecified atom stereocenters. The number of carbonyl (C=O) groups excluding carboxylic acids is 1. The van der Waals surface area contributed by atoms with Gasteiger partial charge in [-0.15, -0.1) is 0 Å². The molecule has 0 aliphatic heterocycles. The van der Waals surface area contributed by atoms with Gasteiger partial charge in [-0.2, -0.15) is 5.10 Å². The minimum absolute atomic E-state index is 0.109. The van der Waals surface area contributed by atoms with Gasteiger partial charge < -0.3 is 4.42 Å². The highest BCUT2D eigenvalue weighted by molar-refractivity contribution is 7.92. The first kappa shape index (κ1) is 20.3. The van der Waals surface area contributed by atoms with Gasteiger partial charge in [0.25, 0.3) is 15.9 Å². The number of hydrogen-bond acceptors (Lipinski definition) is 5. The third-order valence-electron chi connectivity index (χ3n) is 4.20. The Balaban J connectivity index is 1.88. The maximum atomic E-state index is 13.3. The minimum Gasteiger partial charge on any atom is -0.463 e. The van der Waals surface area contributed by atoms with E-state index in [4.69, 9.17) is 4.42 Å². The molecule has 0 saturated carbocycles. The standard InChI is InChI=1S/C21H21N3O4S/c1-16-9-11-19(12-10-16)29(26,27)24(20-8-4-3-6-17(20)2)15-21(25)23-22-14-18-7-5-13-28-18/h3-14H,15H2,1-2H3,(H,23,25)/b22-14-. The van der Waals surface area contributed by atoms with Gasteiger partial charge in [-0.1, -0.05) is 35.9 Å². The van der Waals surface area contributed by atoms with Gasteiger partial charge in [0, 0.05) is 0 Å². The summed E-state index contributed by atoms with van der Waals surface area (Å²) in [6.45, 7) is 3.25. The van der Waals surface area contributed by atoms with E-state index in [9.17, 15) is 13.2 Å². The van der Waals surface area contributed by atoms with Gasteiger partial charge in [0.1, 0.15) is 12.3 Å². The highest BCUT2D eigenvalue weighted by atomic mass is 32.2. The predicted molar refractivity (Wildman–Crippen MR) is 111 cm³/mol. The lowest BCUT2D eigenvalue weighted by atomic mass is 10.2. The van der Waals surface area contributed by atoms with Crippen LogP contribution in [-0.2, 0) is 14.8 Å². The summed E-state index contributed by atoms with van der Waals surface area (Å²) in [5.41, 5.74) is 4.44. The molecule has 0 atom stereocenters. The molecule has 29 heavy (non-hydrogen) atoms. The number of furan rings is 1. The average Bonchev–Trinajstić information content (AvgIpc) is 3.20. The summed E-state index contributed by atoms with van der Waals surface area (Å²) in [6.07, 6.45) is 2.82. The zero-order valence-corrected chi connectivity index (χ0v) is 16.9. The number of sulfonamides is 1. The van der Waals surface area contributed by atoms with Gasteiger partial charge in [-0.3, -0.25) is 9.10 Å². The second kappa shape index (κ2) is 8.74. The van der Waals surface area contributed by atoms with E-state index in [0.29, 0.717) is 11.4 Å². The van der Waals surface area contributed by atoms with Crippen molar-refractivity contribution >= 4 is 27.8 Å². The van der Waals surface area contributed by atoms with E-state index >= 15 is 0 Å². The summed E-state index contributed by atoms with van der Waals surface area (Å²) in [5, 5.41) is 3.81. The molecule has 0 bridgehead atoms. The van der Waals surface area contributed by atoms with Crippen LogP contribution in [0, 0.1) is 13.8 Å². The molecular weight excluding hydrogens is 390 g/mol. The van der Waals surface area contributed by atoms with Crippen LogP contribution in [0.2, 0.25) is 0 Å². The normalized spacial score (nSPS) is 11.5. The smallest absolute Gasteiger partial charge is 0.264 e. The highest BCUT2D eigenvalue weighted by Gasteiger charge is 2.28. The zero-order valence-electron chi connectivity index (χ0n) is 16.1. The number of hydrazone groups is 1. The van der Waals surface area contributed by atoms with Gasteiger partial charge in [-0.25, -0.2) is 13.8 Å². The van der Waals surface area contributed by atoms with E-state index in [2.05, 4.69) is 10.5 Å². The summed E-state index contributed by atoms with van der Waals surface area (Å²) >= 11 is 0. The number of anilines is 1. The number of amides is 1. The number of hydrogen-bond donors (Lipinski definition) is 1. The molecule has 1 amide bonds. The van der Waals surface area contributed by atoms with E-state index in [1.807, 2.05) is 13.0 Å². The number of nitrogens with zero attached hydrogens (tertiary/aromatic N) is 2. The fraction of sp³-hybridized carbons (Fsp3) is 0.143. The maximum absolute atomic E-state index is 13.3. The number of rotatable bonds is 7. The van der Waals surface area contributed by atoms with Crippen LogP contribution in [0.1, 0.15) is 16.9 Å². The van der Waals surface area contributed by atoms with Crippen LogP contribution >= 0.6 is 0 Å². The van der Waals surface area contributed by atoms with Crippen molar-refractivity contribution in [1.82, 2.24) is 5.43 Å². The molecule has 150 valence electrons. The Morgan fingerprint density at radius 2 is 1.79 bits per heavy atom. The Hall–Kier alpha value is -3.39. The van der Waals surface area contributed by atoms with Crippen molar-refractivity contribution in [2.75, 3.05) is 10.8 Å². The molecular formula is C21H21N3O4S. The van der Waals surface area contributed by atoms with Crippen LogP contribution in [0.5, 0.6) is 0 Å². The topological polar surface area (TPSA) is 92.0 Å². The molecule has 1 heterocycles. The summed E-state index contributed by atoms with van der Waals surface area (Å²) < 4.78 is 32.8. The van der Waals surface area contributed by atoms with Gasteiger partial charge in [0.2, 0.25) is 0 Å². The second-order valence-electron chi connectivity index (χ2n) is 6.42. The average molecular weight is 411 g/mol. The molecule has 1 aromatic heterocycles. The van der Waals surface area contributed by atoms with Crippen molar-refractivity contribution in [3.05, 3.63) is 83.8 Å². The van der Waals surface area contributed by atoms with Crippen LogP contribution < -0.4 is 9.73 Å². The molecule has 0 aliphatic carbocycles. The third kappa shape index (κ3) is 4.91. The quantitative estimate of drug-likeness (QED) is 0.477. The number of nitrogens with one attached hydrogen (secondary N) is 1. The minimum atomic E-state index is -3.95. The fourth-order valence-electron chi connectivity index (χ4n) is 2.68. The number of para-hydroxylation sites is 1. The first-order chi connectivity index (χ1) is 13.9. The molecule has 0 fully saturated rings. The van der Waals surface area contributed by atoms with Crippen LogP contribution in [-0.4, -0.2) is 27.1 Å². The largest absolute Gasteiger partial charge is 0.463 e. The second-order valence-corrected chi connectivity index (χ2v) is 8.28. The van der Waals surface area contributed by atoms with Gasteiger partial charge in [0.15, 0.2) is 0 Å². The van der Waals surface area contributed by atoms with Crippen molar-refractivity contribution in [1.29, 1.82) is 0 Å². The van der Waals surface area contributed by atoms with Crippen molar-refractivity contribution in [2.45, 2.75) is 18.7 Å². The molecule has 0 aliphatic rings. The van der Waals surface area contributed by atoms with E-state index < -0.39 is 22.5 Å². The molecule has 7 nitrogen and oxygen atoms in total. The van der Waals surface area contributed by atoms with Crippen molar-refractivity contribution in [3.63, 3.8) is 0 Å². The molecule has 1 N–H and O–H groups in total. The van der Waals surface area contributed by atoms with Gasteiger partial charge in [-0.05, 0) is 49.7 Å². The number of carbonyl (C=O) groups is 1. The molecule has 8 heteroatoms. The van der Waals surface area contributed by atoms with Crippen molar-refractivity contribution in [3.8, 4) is 0 Å². The predicted octanol–water partition coefficient (Wildman–Crippen LogP) is 3.24. The monoisotopic (exact) mass is 411 g/mol. The number of aryl methyl sites for hydroxylation is 2. The summed E-state index contributed by atoms with van der Waals surface area (Å²) in [4.78, 5) is 12.5. The molecule has 0 saturated heterocycles. The Bertz CT molecular complexity index is 1110. The Morgan fingerprint density at radius 1 is 1.07 bits per heavy atom. The van der Waals surface area contributed by atoms with Crippen LogP contribution in [0.3, 0.4) is 0 Å². The van der Waals surface area contributed by atoms with Gasteiger partial charge >= 0.3 is 0 Å². The lowest BCUT2D eigenvalue weighted by Gasteiger charge is -2.25. The lowest BCUT2D eigenvalue weighted by molar-refractivity contribution is -0.119. The third-order valence-corrected chi connectivity index (χ3v) is 5.98. The Morgan fingerprint density at radius 3 is 2.45 bits per heavy atom. The Kier molecular flexibility index (Phi) is 6.13. The van der Waals surface area contributed by atoms with E-state index in [0.717, 1.165) is 15.4 Å². The molecule has 0 radical (unpaired) electrons. The molecule has 2 aromatic carbocycles. The number of benzene rings is 2. The fourth-order valence-corrected chi connectivity index (χ4v) is 4.16. The Labute approximate surface area is 169 Å². The summed E-state index contributed by atoms with van der Waals surface area (Å²) in [7, 11) is -3.95. The summed E-state index contributed by atoms with van der Waals surface area (Å²) in [6, 6.07) is 16.9. The van der Waals surface area contributed by atoms with Crippen molar-refractivity contribution < 1.29 is 17.6 Å². The van der Waals surface area contributed by atoms with E-state index in [-0.39, 0.29) is 4.90 Å². The maximum Gasteiger partial charge on any atom is 0.264 e. The highest BCUT2D eigenvalue weighted by Crippen LogP contribution is 2.26. The van der Waals surface area contributed by atoms with Crippen LogP contribution in [0.4, 0.5) is 5.69 Å². The first-order valence-electron chi connectivity index (χ1n) is 8.88. The van der Waals surface area contributed by atoms with Gasteiger partial charge in [0.05, 0.1) is 23.1 Å². The molecule has 3 rings (SSSR count). The zero-order chi connectivity index (χ0) is 20.9. The van der Waals surface area contributed by atoms with Crippen LogP contribution in [0.25, 0.3) is 0 Å². The lowest BCUT2D eigenvalue weighted by Crippen LogP contribution is -2.40. The van der Waals surface area contributed by atoms with E-state index in [1.54, 1.807) is 49.4 Å². The SMILES string of the molecule is Cc1ccc(S(=O)(=O)N(CC(=O)N/N=C\c2ccco2)c2ccccc2C)cc1. The molecule has 0 spiro atoms. The summed E-state index contributed by atoms with van der Waals surface area (Å²) in [5.74, 6) is -0.111. The van der Waals surface area contributed by atoms with E-state index in [1.165, 1.54) is 24.6 Å². The van der Waals surface area contributed by atoms with Crippen LogP contribution in [0.15, 0.2) is 81.3 Å². The van der Waals surface area contributed by atoms with Crippen molar-refractivity contribution in [2.24, 2.45) is 5.10 Å².